The molecule has 230 valence electrons. The zero-order chi connectivity index (χ0) is 31.2. The Morgan fingerprint density at radius 1 is 1.33 bits per heavy atom. The number of hydrogen-bond donors (Lipinski definition) is 4. The van der Waals surface area contributed by atoms with Gasteiger partial charge in [0, 0.05) is 13.3 Å². The third-order valence-electron chi connectivity index (χ3n) is 7.63. The van der Waals surface area contributed by atoms with Crippen LogP contribution in [-0.4, -0.2) is 64.9 Å². The highest BCUT2D eigenvalue weighted by molar-refractivity contribution is 5.84. The smallest absolute Gasteiger partial charge is 0.329 e. The van der Waals surface area contributed by atoms with Gasteiger partial charge >= 0.3 is 11.9 Å². The zero-order valence-electron chi connectivity index (χ0n) is 24.7. The van der Waals surface area contributed by atoms with Crippen LogP contribution >= 0.6 is 0 Å². The van der Waals surface area contributed by atoms with Crippen LogP contribution in [0.5, 0.6) is 0 Å². The topological polar surface area (TPSA) is 204 Å². The summed E-state index contributed by atoms with van der Waals surface area (Å²) in [5.41, 5.74) is 9.07. The molecule has 1 saturated carbocycles. The minimum atomic E-state index is -2.12. The Bertz CT molecular complexity index is 1240. The maximum Gasteiger partial charge on any atom is 0.329 e. The molecule has 1 aliphatic heterocycles. The van der Waals surface area contributed by atoms with E-state index in [1.54, 1.807) is 20.8 Å². The molecule has 0 unspecified atom stereocenters. The van der Waals surface area contributed by atoms with Crippen molar-refractivity contribution in [3.63, 3.8) is 0 Å². The van der Waals surface area contributed by atoms with Crippen molar-refractivity contribution in [1.82, 2.24) is 9.99 Å². The van der Waals surface area contributed by atoms with Crippen molar-refractivity contribution in [1.29, 1.82) is 5.26 Å². The van der Waals surface area contributed by atoms with E-state index >= 15 is 0 Å². The van der Waals surface area contributed by atoms with Crippen LogP contribution < -0.4 is 16.8 Å². The van der Waals surface area contributed by atoms with E-state index in [2.05, 4.69) is 17.0 Å². The van der Waals surface area contributed by atoms with Gasteiger partial charge in [-0.3, -0.25) is 9.59 Å². The predicted octanol–water partition coefficient (Wildman–Crippen LogP) is 1.62. The number of ether oxygens (including phenoxy) is 3. The quantitative estimate of drug-likeness (QED) is 0.177. The summed E-state index contributed by atoms with van der Waals surface area (Å²) in [6.45, 7) is 9.79. The fourth-order valence-electron chi connectivity index (χ4n) is 5.49. The van der Waals surface area contributed by atoms with Crippen LogP contribution in [0.15, 0.2) is 23.8 Å². The number of aliphatic hydroxyl groups is 1. The molecule has 2 fully saturated rings. The summed E-state index contributed by atoms with van der Waals surface area (Å²) in [5, 5.41) is 28.6. The Morgan fingerprint density at radius 3 is 2.55 bits per heavy atom. The molecule has 42 heavy (non-hydrogen) atoms. The molecule has 0 bridgehead atoms. The number of carbonyl (C=O) groups excluding carboxylic acids is 3. The SMILES string of the molecule is C=C(N)c1ccc([C@]2(C#N)O[C@H](COC(=O)[C@@H](NC(C)=O)C(C)(C)C)[C@@H](OC(=O)CC3CCCCC3)[C@H]2O)n1/N=C\N. The molecule has 1 aromatic rings. The van der Waals surface area contributed by atoms with E-state index in [0.29, 0.717) is 5.69 Å². The lowest BCUT2D eigenvalue weighted by Crippen LogP contribution is -2.50. The van der Waals surface area contributed by atoms with E-state index in [0.717, 1.165) is 38.4 Å². The standard InChI is InChI=1S/C29H42N6O7/c1-17(32)20-11-12-22(35(20)33-16-31)29(15-30)26(38)24(41-23(37)13-19-9-7-6-8-10-19)21(42-29)14-40-27(39)25(28(3,4)5)34-18(2)36/h11-12,16,19,21,24-26,38H,1,6-10,13-14,32H2,2-5H3,(H2,31,33)(H,34,36)/t21-,24-,25-,26-,29+/m1/s1. The van der Waals surface area contributed by atoms with E-state index in [1.165, 1.54) is 23.7 Å². The average Bonchev–Trinajstić information content (AvgIpc) is 3.45. The molecule has 0 aromatic carbocycles. The first-order chi connectivity index (χ1) is 19.7. The number of carbonyl (C=O) groups is 3. The maximum atomic E-state index is 13.1. The number of nitrogens with one attached hydrogen (secondary N) is 1. The summed E-state index contributed by atoms with van der Waals surface area (Å²) >= 11 is 0. The third kappa shape index (κ3) is 7.11. The van der Waals surface area contributed by atoms with Crippen LogP contribution in [0.4, 0.5) is 0 Å². The molecule has 2 heterocycles. The van der Waals surface area contributed by atoms with Crippen LogP contribution in [0.25, 0.3) is 5.70 Å². The lowest BCUT2D eigenvalue weighted by atomic mass is 9.86. The van der Waals surface area contributed by atoms with Gasteiger partial charge in [-0.25, -0.2) is 9.47 Å². The van der Waals surface area contributed by atoms with E-state index in [9.17, 15) is 24.8 Å². The van der Waals surface area contributed by atoms with Crippen LogP contribution in [0.3, 0.4) is 0 Å². The molecule has 3 rings (SSSR count). The molecule has 6 N–H and O–H groups in total. The molecule has 1 aliphatic carbocycles. The third-order valence-corrected chi connectivity index (χ3v) is 7.63. The van der Waals surface area contributed by atoms with Crippen molar-refractivity contribution >= 4 is 29.9 Å². The van der Waals surface area contributed by atoms with Crippen LogP contribution in [0, 0.1) is 22.7 Å². The molecule has 0 radical (unpaired) electrons. The maximum absolute atomic E-state index is 13.1. The Labute approximate surface area is 245 Å². The number of rotatable bonds is 10. The largest absolute Gasteiger partial charge is 0.461 e. The fourth-order valence-corrected chi connectivity index (χ4v) is 5.49. The van der Waals surface area contributed by atoms with Crippen molar-refractivity contribution in [3.8, 4) is 6.07 Å². The summed E-state index contributed by atoms with van der Waals surface area (Å²) in [5.74, 6) is -1.58. The van der Waals surface area contributed by atoms with Gasteiger partial charge in [0.25, 0.3) is 0 Å². The average molecular weight is 587 g/mol. The van der Waals surface area contributed by atoms with Gasteiger partial charge in [-0.1, -0.05) is 46.6 Å². The molecule has 1 amide bonds. The normalized spacial score (nSPS) is 25.5. The number of nitriles is 1. The Morgan fingerprint density at radius 2 is 2.00 bits per heavy atom. The molecule has 1 saturated heterocycles. The summed E-state index contributed by atoms with van der Waals surface area (Å²) in [6.07, 6.45) is 1.76. The molecule has 1 aromatic heterocycles. The first-order valence-corrected chi connectivity index (χ1v) is 14.1. The highest BCUT2D eigenvalue weighted by Crippen LogP contribution is 2.42. The number of aliphatic hydroxyl groups excluding tert-OH is 1. The molecular formula is C29H42N6O7. The fraction of sp³-hybridized carbons (Fsp3) is 0.621. The summed E-state index contributed by atoms with van der Waals surface area (Å²) in [4.78, 5) is 37.9. The second-order valence-electron chi connectivity index (χ2n) is 11.9. The van der Waals surface area contributed by atoms with Gasteiger partial charge in [0.2, 0.25) is 11.5 Å². The van der Waals surface area contributed by atoms with Gasteiger partial charge in [-0.05, 0) is 36.3 Å². The number of hydrogen-bond acceptors (Lipinski definition) is 10. The van der Waals surface area contributed by atoms with Crippen molar-refractivity contribution < 1.29 is 33.7 Å². The summed E-state index contributed by atoms with van der Waals surface area (Å²) in [6, 6.07) is 4.00. The molecular weight excluding hydrogens is 544 g/mol. The molecule has 0 spiro atoms. The van der Waals surface area contributed by atoms with Crippen LogP contribution in [-0.2, 0) is 34.2 Å². The molecule has 13 heteroatoms. The van der Waals surface area contributed by atoms with Crippen molar-refractivity contribution in [2.24, 2.45) is 27.9 Å². The van der Waals surface area contributed by atoms with E-state index in [4.69, 9.17) is 25.7 Å². The lowest BCUT2D eigenvalue weighted by molar-refractivity contribution is -0.163. The van der Waals surface area contributed by atoms with Crippen molar-refractivity contribution in [2.75, 3.05) is 6.61 Å². The van der Waals surface area contributed by atoms with Crippen LogP contribution in [0.2, 0.25) is 0 Å². The lowest BCUT2D eigenvalue weighted by Gasteiger charge is -2.30. The van der Waals surface area contributed by atoms with Gasteiger partial charge in [0.1, 0.15) is 37.3 Å². The Hall–Kier alpha value is -3.89. The predicted molar refractivity (Wildman–Crippen MR) is 153 cm³/mol. The Balaban J connectivity index is 1.95. The summed E-state index contributed by atoms with van der Waals surface area (Å²) < 4.78 is 18.6. The number of nitrogens with zero attached hydrogens (tertiary/aromatic N) is 3. The minimum Gasteiger partial charge on any atom is -0.461 e. The van der Waals surface area contributed by atoms with Gasteiger partial charge < -0.3 is 36.1 Å². The van der Waals surface area contributed by atoms with E-state index in [1.807, 2.05) is 6.07 Å². The zero-order valence-corrected chi connectivity index (χ0v) is 24.7. The number of nitrogens with two attached hydrogens (primary N) is 2. The minimum absolute atomic E-state index is 0.0498. The van der Waals surface area contributed by atoms with Crippen molar-refractivity contribution in [2.45, 2.75) is 96.2 Å². The van der Waals surface area contributed by atoms with Gasteiger partial charge in [-0.2, -0.15) is 10.4 Å². The number of aromatic nitrogens is 1. The molecule has 5 atom stereocenters. The number of amides is 1. The molecule has 2 aliphatic rings. The number of esters is 2. The van der Waals surface area contributed by atoms with Crippen LogP contribution in [0.1, 0.15) is 77.6 Å². The Kier molecular flexibility index (Phi) is 10.4. The second-order valence-corrected chi connectivity index (χ2v) is 11.9. The highest BCUT2D eigenvalue weighted by Gasteiger charge is 2.60. The monoisotopic (exact) mass is 586 g/mol. The van der Waals surface area contributed by atoms with E-state index < -0.39 is 59.8 Å². The highest BCUT2D eigenvalue weighted by atomic mass is 16.6. The van der Waals surface area contributed by atoms with E-state index in [-0.39, 0.29) is 23.7 Å². The second kappa shape index (κ2) is 13.4. The van der Waals surface area contributed by atoms with Gasteiger partial charge in [0.15, 0.2) is 6.10 Å². The molecule has 13 nitrogen and oxygen atoms in total. The first kappa shape index (κ1) is 32.6. The van der Waals surface area contributed by atoms with Crippen molar-refractivity contribution in [3.05, 3.63) is 30.1 Å². The first-order valence-electron chi connectivity index (χ1n) is 14.1. The van der Waals surface area contributed by atoms with Gasteiger partial charge in [0.05, 0.1) is 17.1 Å². The summed E-state index contributed by atoms with van der Waals surface area (Å²) in [7, 11) is 0. The van der Waals surface area contributed by atoms with Gasteiger partial charge in [-0.15, -0.1) is 0 Å².